The molecular weight excluding hydrogens is 292 g/mol. The second-order valence-electron chi connectivity index (χ2n) is 4.20. The van der Waals surface area contributed by atoms with Crippen LogP contribution in [0, 0.1) is 0 Å². The van der Waals surface area contributed by atoms with Gasteiger partial charge in [-0.3, -0.25) is 4.79 Å². The highest BCUT2D eigenvalue weighted by Crippen LogP contribution is 2.14. The van der Waals surface area contributed by atoms with Crippen molar-refractivity contribution in [2.75, 3.05) is 17.7 Å². The topological polar surface area (TPSA) is 114 Å². The second kappa shape index (κ2) is 5.90. The van der Waals surface area contributed by atoms with Crippen molar-refractivity contribution in [3.05, 3.63) is 48.2 Å². The number of aromatic nitrogens is 1. The first-order valence-corrected chi connectivity index (χ1v) is 7.53. The van der Waals surface area contributed by atoms with Crippen LogP contribution in [0.3, 0.4) is 0 Å². The summed E-state index contributed by atoms with van der Waals surface area (Å²) in [6.45, 7) is 0. The van der Waals surface area contributed by atoms with Crippen LogP contribution in [0.15, 0.2) is 47.5 Å². The SMILES string of the molecule is CNc1cc(C(=O)Nc2ccc(S(N)(=O)=O)cc2)ccn1. The Balaban J connectivity index is 2.16. The summed E-state index contributed by atoms with van der Waals surface area (Å²) < 4.78 is 22.3. The molecule has 0 aliphatic heterocycles. The molecule has 0 bridgehead atoms. The highest BCUT2D eigenvalue weighted by Gasteiger charge is 2.09. The zero-order valence-corrected chi connectivity index (χ0v) is 12.0. The maximum absolute atomic E-state index is 12.1. The average Bonchev–Trinajstić information content (AvgIpc) is 2.47. The third kappa shape index (κ3) is 3.77. The number of rotatable bonds is 4. The Morgan fingerprint density at radius 2 is 1.86 bits per heavy atom. The van der Waals surface area contributed by atoms with Gasteiger partial charge in [-0.15, -0.1) is 0 Å². The van der Waals surface area contributed by atoms with Crippen molar-refractivity contribution in [3.8, 4) is 0 Å². The van der Waals surface area contributed by atoms with Crippen LogP contribution in [0.5, 0.6) is 0 Å². The average molecular weight is 306 g/mol. The highest BCUT2D eigenvalue weighted by atomic mass is 32.2. The highest BCUT2D eigenvalue weighted by molar-refractivity contribution is 7.89. The second-order valence-corrected chi connectivity index (χ2v) is 5.76. The predicted octanol–water partition coefficient (Wildman–Crippen LogP) is 1.02. The Kier molecular flexibility index (Phi) is 4.20. The van der Waals surface area contributed by atoms with Crippen molar-refractivity contribution in [2.45, 2.75) is 4.90 Å². The number of sulfonamides is 1. The summed E-state index contributed by atoms with van der Waals surface area (Å²) in [6.07, 6.45) is 1.52. The lowest BCUT2D eigenvalue weighted by Crippen LogP contribution is -2.14. The van der Waals surface area contributed by atoms with Crippen LogP contribution in [-0.2, 0) is 10.0 Å². The molecular formula is C13H14N4O3S. The van der Waals surface area contributed by atoms with Crippen LogP contribution >= 0.6 is 0 Å². The van der Waals surface area contributed by atoms with E-state index >= 15 is 0 Å². The molecule has 0 unspecified atom stereocenters. The van der Waals surface area contributed by atoms with Crippen molar-refractivity contribution in [2.24, 2.45) is 5.14 Å². The number of carbonyl (C=O) groups excluding carboxylic acids is 1. The van der Waals surface area contributed by atoms with Gasteiger partial charge < -0.3 is 10.6 Å². The van der Waals surface area contributed by atoms with Gasteiger partial charge in [0, 0.05) is 24.5 Å². The fourth-order valence-electron chi connectivity index (χ4n) is 1.64. The first kappa shape index (κ1) is 14.9. The minimum absolute atomic E-state index is 0.0121. The van der Waals surface area contributed by atoms with Crippen LogP contribution in [-0.4, -0.2) is 26.4 Å². The predicted molar refractivity (Wildman–Crippen MR) is 79.6 cm³/mol. The number of carbonyl (C=O) groups is 1. The van der Waals surface area contributed by atoms with E-state index in [-0.39, 0.29) is 10.8 Å². The van der Waals surface area contributed by atoms with E-state index in [0.29, 0.717) is 17.1 Å². The molecule has 0 spiro atoms. The first-order chi connectivity index (χ1) is 9.90. The van der Waals surface area contributed by atoms with Crippen LogP contribution in [0.25, 0.3) is 0 Å². The maximum atomic E-state index is 12.1. The van der Waals surface area contributed by atoms with E-state index in [1.54, 1.807) is 19.2 Å². The molecule has 0 aliphatic rings. The molecule has 4 N–H and O–H groups in total. The van der Waals surface area contributed by atoms with Gasteiger partial charge in [0.15, 0.2) is 0 Å². The standard InChI is InChI=1S/C13H14N4O3S/c1-15-12-8-9(6-7-16-12)13(18)17-10-2-4-11(5-3-10)21(14,19)20/h2-8H,1H3,(H,15,16)(H,17,18)(H2,14,19,20). The number of pyridine rings is 1. The van der Waals surface area contributed by atoms with Gasteiger partial charge in [-0.25, -0.2) is 18.5 Å². The summed E-state index contributed by atoms with van der Waals surface area (Å²) in [5, 5.41) is 10.5. The lowest BCUT2D eigenvalue weighted by atomic mass is 10.2. The number of nitrogens with one attached hydrogen (secondary N) is 2. The number of benzene rings is 1. The van der Waals surface area contributed by atoms with Gasteiger partial charge in [0.05, 0.1) is 4.90 Å². The van der Waals surface area contributed by atoms with Crippen molar-refractivity contribution < 1.29 is 13.2 Å². The number of nitrogens with two attached hydrogens (primary N) is 1. The molecule has 0 fully saturated rings. The lowest BCUT2D eigenvalue weighted by Gasteiger charge is -2.07. The Labute approximate surface area is 122 Å². The van der Waals surface area contributed by atoms with Crippen LogP contribution in [0.1, 0.15) is 10.4 Å². The van der Waals surface area contributed by atoms with Crippen LogP contribution < -0.4 is 15.8 Å². The summed E-state index contributed by atoms with van der Waals surface area (Å²) in [6, 6.07) is 8.78. The maximum Gasteiger partial charge on any atom is 0.255 e. The zero-order valence-electron chi connectivity index (χ0n) is 11.2. The number of hydrogen-bond donors (Lipinski definition) is 3. The molecule has 1 aromatic heterocycles. The third-order valence-electron chi connectivity index (χ3n) is 2.72. The van der Waals surface area contributed by atoms with Crippen LogP contribution in [0.2, 0.25) is 0 Å². The lowest BCUT2D eigenvalue weighted by molar-refractivity contribution is 0.102. The van der Waals surface area contributed by atoms with Gasteiger partial charge in [0.2, 0.25) is 10.0 Å². The van der Waals surface area contributed by atoms with Gasteiger partial charge in [-0.05, 0) is 36.4 Å². The number of primary sulfonamides is 1. The van der Waals surface area contributed by atoms with Crippen molar-refractivity contribution in [3.63, 3.8) is 0 Å². The third-order valence-corrected chi connectivity index (χ3v) is 3.65. The number of nitrogens with zero attached hydrogens (tertiary/aromatic N) is 1. The summed E-state index contributed by atoms with van der Waals surface area (Å²) in [4.78, 5) is 16.1. The molecule has 8 heteroatoms. The molecule has 0 saturated heterocycles. The smallest absolute Gasteiger partial charge is 0.255 e. The molecule has 1 amide bonds. The summed E-state index contributed by atoms with van der Waals surface area (Å²) >= 11 is 0. The Hall–Kier alpha value is -2.45. The fourth-order valence-corrected chi connectivity index (χ4v) is 2.16. The molecule has 7 nitrogen and oxygen atoms in total. The molecule has 2 rings (SSSR count). The van der Waals surface area contributed by atoms with E-state index in [1.165, 1.54) is 30.5 Å². The largest absolute Gasteiger partial charge is 0.373 e. The number of amides is 1. The monoisotopic (exact) mass is 306 g/mol. The van der Waals surface area contributed by atoms with Gasteiger partial charge in [-0.1, -0.05) is 0 Å². The summed E-state index contributed by atoms with van der Waals surface area (Å²) in [7, 11) is -2.03. The van der Waals surface area contributed by atoms with E-state index in [1.807, 2.05) is 0 Å². The molecule has 0 aliphatic carbocycles. The van der Waals surface area contributed by atoms with Gasteiger partial charge >= 0.3 is 0 Å². The van der Waals surface area contributed by atoms with Crippen molar-refractivity contribution in [1.82, 2.24) is 4.98 Å². The van der Waals surface area contributed by atoms with Gasteiger partial charge in [0.25, 0.3) is 5.91 Å². The van der Waals surface area contributed by atoms with E-state index in [4.69, 9.17) is 5.14 Å². The molecule has 2 aromatic rings. The summed E-state index contributed by atoms with van der Waals surface area (Å²) in [5.74, 6) is 0.254. The summed E-state index contributed by atoms with van der Waals surface area (Å²) in [5.41, 5.74) is 0.903. The minimum atomic E-state index is -3.74. The van der Waals surface area contributed by atoms with E-state index in [0.717, 1.165) is 0 Å². The van der Waals surface area contributed by atoms with Gasteiger partial charge in [0.1, 0.15) is 5.82 Å². The molecule has 0 atom stereocenters. The molecule has 1 heterocycles. The van der Waals surface area contributed by atoms with Crippen molar-refractivity contribution in [1.29, 1.82) is 0 Å². The molecule has 110 valence electrons. The normalized spacial score (nSPS) is 11.0. The first-order valence-electron chi connectivity index (χ1n) is 5.98. The van der Waals surface area contributed by atoms with E-state index in [9.17, 15) is 13.2 Å². The number of hydrogen-bond acceptors (Lipinski definition) is 5. The molecule has 0 saturated carbocycles. The minimum Gasteiger partial charge on any atom is -0.373 e. The molecule has 21 heavy (non-hydrogen) atoms. The Morgan fingerprint density at radius 3 is 2.43 bits per heavy atom. The zero-order chi connectivity index (χ0) is 15.5. The van der Waals surface area contributed by atoms with Gasteiger partial charge in [-0.2, -0.15) is 0 Å². The number of anilines is 2. The van der Waals surface area contributed by atoms with Crippen molar-refractivity contribution >= 4 is 27.4 Å². The van der Waals surface area contributed by atoms with Crippen LogP contribution in [0.4, 0.5) is 11.5 Å². The Bertz CT molecular complexity index is 757. The quantitative estimate of drug-likeness (QED) is 0.780. The molecule has 0 radical (unpaired) electrons. The van der Waals surface area contributed by atoms with E-state index < -0.39 is 10.0 Å². The molecule has 1 aromatic carbocycles. The fraction of sp³-hybridized carbons (Fsp3) is 0.0769. The van der Waals surface area contributed by atoms with E-state index in [2.05, 4.69) is 15.6 Å². The Morgan fingerprint density at radius 1 is 1.19 bits per heavy atom.